The highest BCUT2D eigenvalue weighted by atomic mass is 14.7. The van der Waals surface area contributed by atoms with Gasteiger partial charge in [0.2, 0.25) is 0 Å². The molecule has 0 aromatic rings. The third-order valence-corrected chi connectivity index (χ3v) is 1.95. The summed E-state index contributed by atoms with van der Waals surface area (Å²) < 4.78 is 0. The minimum atomic E-state index is 1.15. The Kier molecular flexibility index (Phi) is 2.67. The molecule has 0 aromatic carbocycles. The highest BCUT2D eigenvalue weighted by Gasteiger charge is 2.12. The fraction of sp³-hybridized carbons (Fsp3) is 0.667. The molecule has 0 aromatic heterocycles. The Morgan fingerprint density at radius 3 is 2.90 bits per heavy atom. The van der Waals surface area contributed by atoms with Gasteiger partial charge in [0.1, 0.15) is 0 Å². The SMILES string of the molecule is CCC=C1CCCC1=NC. The normalized spacial score (nSPS) is 26.6. The molecule has 1 aliphatic rings. The quantitative estimate of drug-likeness (QED) is 0.526. The van der Waals surface area contributed by atoms with E-state index in [2.05, 4.69) is 18.0 Å². The minimum Gasteiger partial charge on any atom is -0.293 e. The molecule has 0 amide bonds. The van der Waals surface area contributed by atoms with Crippen molar-refractivity contribution in [1.29, 1.82) is 0 Å². The summed E-state index contributed by atoms with van der Waals surface area (Å²) in [4.78, 5) is 4.24. The molecule has 0 atom stereocenters. The first-order valence-corrected chi connectivity index (χ1v) is 4.03. The van der Waals surface area contributed by atoms with Gasteiger partial charge in [-0.3, -0.25) is 4.99 Å². The first kappa shape index (κ1) is 7.52. The van der Waals surface area contributed by atoms with Crippen LogP contribution < -0.4 is 0 Å². The second-order valence-electron chi connectivity index (χ2n) is 2.66. The van der Waals surface area contributed by atoms with Crippen LogP contribution in [0, 0.1) is 0 Å². The van der Waals surface area contributed by atoms with E-state index >= 15 is 0 Å². The van der Waals surface area contributed by atoms with Gasteiger partial charge in [-0.1, -0.05) is 13.0 Å². The molecule has 1 aliphatic carbocycles. The van der Waals surface area contributed by atoms with Crippen molar-refractivity contribution in [3.05, 3.63) is 11.6 Å². The average Bonchev–Trinajstić information content (AvgIpc) is 2.36. The third-order valence-electron chi connectivity index (χ3n) is 1.95. The smallest absolute Gasteiger partial charge is 0.0373 e. The zero-order valence-corrected chi connectivity index (χ0v) is 6.85. The highest BCUT2D eigenvalue weighted by Crippen LogP contribution is 2.21. The lowest BCUT2D eigenvalue weighted by atomic mass is 10.2. The summed E-state index contributed by atoms with van der Waals surface area (Å²) >= 11 is 0. The fourth-order valence-corrected chi connectivity index (χ4v) is 1.47. The van der Waals surface area contributed by atoms with Crippen LogP contribution in [-0.4, -0.2) is 12.8 Å². The molecule has 0 heterocycles. The zero-order valence-electron chi connectivity index (χ0n) is 6.85. The van der Waals surface area contributed by atoms with Gasteiger partial charge in [-0.2, -0.15) is 0 Å². The summed E-state index contributed by atoms with van der Waals surface area (Å²) in [6.07, 6.45) is 7.20. The van der Waals surface area contributed by atoms with E-state index in [9.17, 15) is 0 Å². The molecule has 1 heteroatoms. The van der Waals surface area contributed by atoms with Crippen LogP contribution >= 0.6 is 0 Å². The molecule has 10 heavy (non-hydrogen) atoms. The van der Waals surface area contributed by atoms with E-state index in [1.54, 1.807) is 0 Å². The molecule has 0 aliphatic heterocycles. The Bertz CT molecular complexity index is 166. The maximum Gasteiger partial charge on any atom is 0.0373 e. The number of hydrogen-bond acceptors (Lipinski definition) is 1. The van der Waals surface area contributed by atoms with Crippen molar-refractivity contribution in [2.24, 2.45) is 4.99 Å². The van der Waals surface area contributed by atoms with E-state index in [4.69, 9.17) is 0 Å². The molecule has 0 saturated heterocycles. The van der Waals surface area contributed by atoms with E-state index < -0.39 is 0 Å². The number of rotatable bonds is 1. The second-order valence-corrected chi connectivity index (χ2v) is 2.66. The van der Waals surface area contributed by atoms with Crippen molar-refractivity contribution in [2.75, 3.05) is 7.05 Å². The average molecular weight is 137 g/mol. The van der Waals surface area contributed by atoms with Crippen molar-refractivity contribution in [1.82, 2.24) is 0 Å². The molecule has 0 spiro atoms. The van der Waals surface area contributed by atoms with Crippen LogP contribution in [0.5, 0.6) is 0 Å². The summed E-state index contributed by atoms with van der Waals surface area (Å²) in [5.41, 5.74) is 2.83. The lowest BCUT2D eigenvalue weighted by Crippen LogP contribution is -1.91. The summed E-state index contributed by atoms with van der Waals surface area (Å²) in [6, 6.07) is 0. The van der Waals surface area contributed by atoms with Crippen molar-refractivity contribution in [3.8, 4) is 0 Å². The summed E-state index contributed by atoms with van der Waals surface area (Å²) in [6.45, 7) is 2.18. The van der Waals surface area contributed by atoms with Crippen LogP contribution in [0.1, 0.15) is 32.6 Å². The van der Waals surface area contributed by atoms with E-state index in [0.29, 0.717) is 0 Å². The minimum absolute atomic E-state index is 1.15. The van der Waals surface area contributed by atoms with Crippen LogP contribution in [0.25, 0.3) is 0 Å². The van der Waals surface area contributed by atoms with Crippen LogP contribution in [0.4, 0.5) is 0 Å². The predicted octanol–water partition coefficient (Wildman–Crippen LogP) is 2.58. The van der Waals surface area contributed by atoms with Crippen LogP contribution in [0.2, 0.25) is 0 Å². The maximum absolute atomic E-state index is 4.24. The van der Waals surface area contributed by atoms with Gasteiger partial charge in [0, 0.05) is 12.8 Å². The van der Waals surface area contributed by atoms with Crippen molar-refractivity contribution >= 4 is 5.71 Å². The Hall–Kier alpha value is -0.590. The van der Waals surface area contributed by atoms with Gasteiger partial charge in [0.05, 0.1) is 0 Å². The molecule has 1 fully saturated rings. The maximum atomic E-state index is 4.24. The summed E-state index contributed by atoms with van der Waals surface area (Å²) in [5.74, 6) is 0. The molecular weight excluding hydrogens is 122 g/mol. The fourth-order valence-electron chi connectivity index (χ4n) is 1.47. The van der Waals surface area contributed by atoms with Crippen LogP contribution in [0.15, 0.2) is 16.6 Å². The Labute approximate surface area is 62.9 Å². The Morgan fingerprint density at radius 2 is 2.30 bits per heavy atom. The van der Waals surface area contributed by atoms with Crippen LogP contribution in [0.3, 0.4) is 0 Å². The predicted molar refractivity (Wildman–Crippen MR) is 45.6 cm³/mol. The van der Waals surface area contributed by atoms with Crippen LogP contribution in [-0.2, 0) is 0 Å². The topological polar surface area (TPSA) is 12.4 Å². The van der Waals surface area contributed by atoms with E-state index in [0.717, 1.165) is 6.42 Å². The highest BCUT2D eigenvalue weighted by molar-refractivity contribution is 6.01. The molecule has 0 radical (unpaired) electrons. The molecule has 1 nitrogen and oxygen atoms in total. The number of allylic oxidation sites excluding steroid dienone is 2. The van der Waals surface area contributed by atoms with Crippen molar-refractivity contribution in [2.45, 2.75) is 32.6 Å². The molecule has 1 saturated carbocycles. The van der Waals surface area contributed by atoms with Gasteiger partial charge >= 0.3 is 0 Å². The third kappa shape index (κ3) is 1.47. The molecule has 56 valence electrons. The van der Waals surface area contributed by atoms with Crippen molar-refractivity contribution in [3.63, 3.8) is 0 Å². The molecule has 0 N–H and O–H groups in total. The summed E-state index contributed by atoms with van der Waals surface area (Å²) in [5, 5.41) is 0. The van der Waals surface area contributed by atoms with E-state index in [-0.39, 0.29) is 0 Å². The molecule has 0 bridgehead atoms. The van der Waals surface area contributed by atoms with Gasteiger partial charge < -0.3 is 0 Å². The van der Waals surface area contributed by atoms with Gasteiger partial charge in [-0.25, -0.2) is 0 Å². The van der Waals surface area contributed by atoms with Gasteiger partial charge in [-0.15, -0.1) is 0 Å². The monoisotopic (exact) mass is 137 g/mol. The number of hydrogen-bond donors (Lipinski definition) is 0. The second kappa shape index (κ2) is 3.55. The van der Waals surface area contributed by atoms with Gasteiger partial charge in [0.25, 0.3) is 0 Å². The molecule has 0 unspecified atom stereocenters. The lowest BCUT2D eigenvalue weighted by Gasteiger charge is -1.95. The zero-order chi connectivity index (χ0) is 7.40. The Morgan fingerprint density at radius 1 is 1.50 bits per heavy atom. The largest absolute Gasteiger partial charge is 0.293 e. The first-order chi connectivity index (χ1) is 4.88. The van der Waals surface area contributed by atoms with Crippen molar-refractivity contribution < 1.29 is 0 Å². The van der Waals surface area contributed by atoms with E-state index in [1.165, 1.54) is 30.5 Å². The molecular formula is C9H15N. The van der Waals surface area contributed by atoms with E-state index in [1.807, 2.05) is 7.05 Å². The standard InChI is InChI=1S/C9H15N/c1-3-5-8-6-4-7-9(8)10-2/h5H,3-4,6-7H2,1-2H3. The molecule has 1 rings (SSSR count). The van der Waals surface area contributed by atoms with Gasteiger partial charge in [0.15, 0.2) is 0 Å². The Balaban J connectivity index is 2.68. The number of nitrogens with zero attached hydrogens (tertiary/aromatic N) is 1. The first-order valence-electron chi connectivity index (χ1n) is 4.03. The lowest BCUT2D eigenvalue weighted by molar-refractivity contribution is 0.941. The summed E-state index contributed by atoms with van der Waals surface area (Å²) in [7, 11) is 1.89. The van der Waals surface area contributed by atoms with Gasteiger partial charge in [-0.05, 0) is 31.3 Å². The number of aliphatic imine (C=N–C) groups is 1.